The lowest BCUT2D eigenvalue weighted by Crippen LogP contribution is -2.38. The number of H-pyrrole nitrogens is 1. The zero-order chi connectivity index (χ0) is 25.2. The number of aromatic amines is 1. The Morgan fingerprint density at radius 3 is 2.64 bits per heavy atom. The molecule has 2 bridgehead atoms. The van der Waals surface area contributed by atoms with Crippen molar-refractivity contribution in [2.24, 2.45) is 5.92 Å². The Kier molecular flexibility index (Phi) is 5.38. The molecule has 2 aromatic heterocycles. The van der Waals surface area contributed by atoms with Crippen molar-refractivity contribution >= 4 is 22.6 Å². The second-order valence-corrected chi connectivity index (χ2v) is 10.2. The molecule has 0 unspecified atom stereocenters. The number of nitrogens with zero attached hydrogens (tertiary/aromatic N) is 2. The van der Waals surface area contributed by atoms with Gasteiger partial charge >= 0.3 is 6.36 Å². The summed E-state index contributed by atoms with van der Waals surface area (Å²) < 4.78 is 56.5. The molecule has 1 saturated heterocycles. The van der Waals surface area contributed by atoms with Gasteiger partial charge < -0.3 is 20.4 Å². The number of halogens is 4. The fourth-order valence-electron chi connectivity index (χ4n) is 6.49. The third-order valence-corrected chi connectivity index (χ3v) is 8.07. The lowest BCUT2D eigenvalue weighted by Gasteiger charge is -2.33. The Hall–Kier alpha value is -3.30. The number of pyridine rings is 1. The van der Waals surface area contributed by atoms with Crippen LogP contribution in [0.2, 0.25) is 0 Å². The first kappa shape index (κ1) is 23.1. The Balaban J connectivity index is 1.22. The van der Waals surface area contributed by atoms with E-state index in [-0.39, 0.29) is 28.9 Å². The largest absolute Gasteiger partial charge is 0.573 e. The number of nitrogens with one attached hydrogen (secondary N) is 1. The van der Waals surface area contributed by atoms with Crippen molar-refractivity contribution in [3.05, 3.63) is 52.6 Å². The van der Waals surface area contributed by atoms with E-state index in [9.17, 15) is 18.0 Å². The number of nitrogens with two attached hydrogens (primary N) is 1. The number of nitrogen functional groups attached to an aromatic ring is 1. The van der Waals surface area contributed by atoms with E-state index in [1.54, 1.807) is 4.90 Å². The topological polar surface area (TPSA) is 84.2 Å². The van der Waals surface area contributed by atoms with E-state index in [1.165, 1.54) is 36.4 Å². The zero-order valence-corrected chi connectivity index (χ0v) is 19.5. The maximum Gasteiger partial charge on any atom is 0.573 e. The molecule has 190 valence electrons. The Bertz CT molecular complexity index is 1340. The number of fused-ring (bicyclic) bond motifs is 6. The lowest BCUT2D eigenvalue weighted by atomic mass is 9.82. The monoisotopic (exact) mass is 502 g/mol. The highest BCUT2D eigenvalue weighted by Crippen LogP contribution is 2.49. The van der Waals surface area contributed by atoms with Crippen molar-refractivity contribution in [3.8, 4) is 5.75 Å². The summed E-state index contributed by atoms with van der Waals surface area (Å²) in [6.07, 6.45) is 2.11. The number of anilines is 1. The van der Waals surface area contributed by atoms with Gasteiger partial charge in [-0.25, -0.2) is 9.37 Å². The van der Waals surface area contributed by atoms with Gasteiger partial charge in [0.05, 0.1) is 11.8 Å². The number of alkyl halides is 3. The van der Waals surface area contributed by atoms with Crippen molar-refractivity contribution in [2.75, 3.05) is 18.8 Å². The first-order valence-electron chi connectivity index (χ1n) is 12.3. The van der Waals surface area contributed by atoms with Crippen LogP contribution in [0, 0.1) is 11.7 Å². The van der Waals surface area contributed by atoms with E-state index in [1.807, 2.05) is 0 Å². The van der Waals surface area contributed by atoms with E-state index in [0.717, 1.165) is 36.0 Å². The predicted octanol–water partition coefficient (Wildman–Crippen LogP) is 5.64. The number of carbonyl (C=O) groups excluding carboxylic acids is 1. The smallest absolute Gasteiger partial charge is 0.406 e. The highest BCUT2D eigenvalue weighted by atomic mass is 19.4. The van der Waals surface area contributed by atoms with Crippen molar-refractivity contribution in [1.29, 1.82) is 0 Å². The van der Waals surface area contributed by atoms with Crippen LogP contribution in [-0.2, 0) is 6.42 Å². The van der Waals surface area contributed by atoms with Crippen LogP contribution in [0.1, 0.15) is 71.1 Å². The van der Waals surface area contributed by atoms with E-state index in [0.29, 0.717) is 43.3 Å². The number of amides is 1. The van der Waals surface area contributed by atoms with Crippen LogP contribution < -0.4 is 10.5 Å². The molecule has 36 heavy (non-hydrogen) atoms. The van der Waals surface area contributed by atoms with E-state index >= 15 is 4.39 Å². The summed E-state index contributed by atoms with van der Waals surface area (Å²) in [6.45, 7) is 0.787. The standard InChI is InChI=1S/C26H26F4N4O2/c27-19-12-32-24-22(18-10-13-1-2-15(9-13)23(18)33-24)21(19)14-5-7-34(8-6-14)25(35)17-4-3-16(11-20(17)31)36-26(28,29)30/h3-4,11-15H,1-2,5-10,31H2,(H,32,33)/t13-,15+/m1/s1. The maximum absolute atomic E-state index is 15.2. The first-order chi connectivity index (χ1) is 17.2. The Morgan fingerprint density at radius 1 is 1.14 bits per heavy atom. The molecule has 1 aromatic carbocycles. The van der Waals surface area contributed by atoms with Crippen molar-refractivity contribution in [1.82, 2.24) is 14.9 Å². The number of rotatable bonds is 3. The van der Waals surface area contributed by atoms with Gasteiger partial charge in [-0.3, -0.25) is 4.79 Å². The van der Waals surface area contributed by atoms with Gasteiger partial charge in [-0.1, -0.05) is 0 Å². The van der Waals surface area contributed by atoms with Gasteiger partial charge in [0.1, 0.15) is 17.2 Å². The molecule has 0 radical (unpaired) electrons. The normalized spacial score (nSPS) is 22.2. The summed E-state index contributed by atoms with van der Waals surface area (Å²) in [4.78, 5) is 22.5. The molecular weight excluding hydrogens is 476 g/mol. The molecule has 2 atom stereocenters. The van der Waals surface area contributed by atoms with Crippen LogP contribution in [0.15, 0.2) is 24.4 Å². The highest BCUT2D eigenvalue weighted by molar-refractivity contribution is 5.99. The Morgan fingerprint density at radius 2 is 1.92 bits per heavy atom. The third-order valence-electron chi connectivity index (χ3n) is 8.07. The van der Waals surface area contributed by atoms with Gasteiger partial charge in [0.2, 0.25) is 0 Å². The summed E-state index contributed by atoms with van der Waals surface area (Å²) in [6, 6.07) is 3.32. The molecule has 1 aliphatic heterocycles. The third kappa shape index (κ3) is 3.96. The molecule has 3 aromatic rings. The maximum atomic E-state index is 15.2. The number of ether oxygens (including phenoxy) is 1. The molecule has 3 heterocycles. The number of hydrogen-bond acceptors (Lipinski definition) is 4. The summed E-state index contributed by atoms with van der Waals surface area (Å²) >= 11 is 0. The van der Waals surface area contributed by atoms with E-state index in [2.05, 4.69) is 14.7 Å². The van der Waals surface area contributed by atoms with Gasteiger partial charge in [-0.15, -0.1) is 13.2 Å². The first-order valence-corrected chi connectivity index (χ1v) is 12.3. The molecule has 2 fully saturated rings. The van der Waals surface area contributed by atoms with Crippen molar-refractivity contribution in [2.45, 2.75) is 56.7 Å². The molecule has 3 N–H and O–H groups in total. The van der Waals surface area contributed by atoms with Gasteiger partial charge in [-0.05, 0) is 74.0 Å². The second kappa shape index (κ2) is 8.38. The minimum Gasteiger partial charge on any atom is -0.406 e. The number of benzene rings is 1. The molecule has 10 heteroatoms. The SMILES string of the molecule is Nc1cc(OC(F)(F)F)ccc1C(=O)N1CCC(c2c(F)cnc3[nH]c4c(c23)C[C@@H]2CC[C@H]4C2)CC1. The number of hydrogen-bond donors (Lipinski definition) is 2. The molecule has 6 nitrogen and oxygen atoms in total. The van der Waals surface area contributed by atoms with Crippen LogP contribution in [-0.4, -0.2) is 40.2 Å². The molecule has 3 aliphatic rings. The van der Waals surface area contributed by atoms with Crippen LogP contribution in [0.4, 0.5) is 23.2 Å². The summed E-state index contributed by atoms with van der Waals surface area (Å²) in [7, 11) is 0. The van der Waals surface area contributed by atoms with Crippen LogP contribution in [0.25, 0.3) is 11.0 Å². The molecule has 1 amide bonds. The molecule has 0 spiro atoms. The fourth-order valence-corrected chi connectivity index (χ4v) is 6.49. The van der Waals surface area contributed by atoms with E-state index in [4.69, 9.17) is 5.73 Å². The summed E-state index contributed by atoms with van der Waals surface area (Å²) in [5.74, 6) is -0.0521. The van der Waals surface area contributed by atoms with Gasteiger partial charge in [0.25, 0.3) is 5.91 Å². The van der Waals surface area contributed by atoms with Crippen molar-refractivity contribution < 1.29 is 27.1 Å². The fraction of sp³-hybridized carbons (Fsp3) is 0.462. The summed E-state index contributed by atoms with van der Waals surface area (Å²) in [5.41, 5.74) is 9.79. The average Bonchev–Trinajstić information content (AvgIpc) is 3.40. The number of likely N-dealkylation sites (tertiary alicyclic amines) is 1. The van der Waals surface area contributed by atoms with Crippen LogP contribution in [0.5, 0.6) is 5.75 Å². The minimum atomic E-state index is -4.84. The van der Waals surface area contributed by atoms with Crippen molar-refractivity contribution in [3.63, 3.8) is 0 Å². The number of piperidine rings is 1. The zero-order valence-electron chi connectivity index (χ0n) is 19.5. The molecule has 2 aliphatic carbocycles. The lowest BCUT2D eigenvalue weighted by molar-refractivity contribution is -0.274. The second-order valence-electron chi connectivity index (χ2n) is 10.2. The van der Waals surface area contributed by atoms with Gasteiger partial charge in [0.15, 0.2) is 0 Å². The van der Waals surface area contributed by atoms with Crippen LogP contribution in [0.3, 0.4) is 0 Å². The quantitative estimate of drug-likeness (QED) is 0.359. The molecule has 1 saturated carbocycles. The Labute approximate surface area is 204 Å². The van der Waals surface area contributed by atoms with Gasteiger partial charge in [-0.2, -0.15) is 0 Å². The highest BCUT2D eigenvalue weighted by Gasteiger charge is 2.38. The van der Waals surface area contributed by atoms with Crippen LogP contribution >= 0.6 is 0 Å². The molecule has 6 rings (SSSR count). The number of carbonyl (C=O) groups is 1. The minimum absolute atomic E-state index is 0.0565. The number of aromatic nitrogens is 2. The summed E-state index contributed by atoms with van der Waals surface area (Å²) in [5, 5.41) is 0.927. The van der Waals surface area contributed by atoms with Gasteiger partial charge in [0, 0.05) is 41.5 Å². The van der Waals surface area contributed by atoms with E-state index < -0.39 is 12.1 Å². The predicted molar refractivity (Wildman–Crippen MR) is 125 cm³/mol. The molecular formula is C26H26F4N4O2. The average molecular weight is 503 g/mol.